The van der Waals surface area contributed by atoms with E-state index in [4.69, 9.17) is 11.2 Å². The van der Waals surface area contributed by atoms with Crippen LogP contribution in [-0.2, 0) is 6.54 Å². The van der Waals surface area contributed by atoms with E-state index in [1.54, 1.807) is 12.1 Å². The van der Waals surface area contributed by atoms with Crippen LogP contribution in [0.2, 0.25) is 0 Å². The largest absolute Gasteiger partial charge is 0.504 e. The maximum absolute atomic E-state index is 9.63. The highest BCUT2D eigenvalue weighted by Crippen LogP contribution is 2.26. The third-order valence-electron chi connectivity index (χ3n) is 2.70. The van der Waals surface area contributed by atoms with Gasteiger partial charge >= 0.3 is 0 Å². The van der Waals surface area contributed by atoms with Crippen LogP contribution in [0.1, 0.15) is 25.3 Å². The molecule has 3 heteroatoms. The molecule has 0 heterocycles. The van der Waals surface area contributed by atoms with Crippen molar-refractivity contribution in [2.45, 2.75) is 32.4 Å². The molecule has 0 aliphatic carbocycles. The van der Waals surface area contributed by atoms with E-state index in [1.807, 2.05) is 6.07 Å². The minimum Gasteiger partial charge on any atom is -0.504 e. The summed E-state index contributed by atoms with van der Waals surface area (Å²) in [6.45, 7) is 2.79. The number of methoxy groups -OCH3 is 1. The number of phenolic OH excluding ortho intramolecular Hbond substituents is 1. The molecule has 1 rings (SSSR count). The maximum atomic E-state index is 9.63. The van der Waals surface area contributed by atoms with Crippen molar-refractivity contribution in [2.24, 2.45) is 0 Å². The van der Waals surface area contributed by atoms with Gasteiger partial charge in [0.15, 0.2) is 11.5 Å². The molecule has 0 fully saturated rings. The van der Waals surface area contributed by atoms with Crippen LogP contribution in [-0.4, -0.2) is 18.3 Å². The number of nitrogens with one attached hydrogen (secondary N) is 1. The summed E-state index contributed by atoms with van der Waals surface area (Å²) in [7, 11) is 1.53. The molecule has 1 aromatic carbocycles. The van der Waals surface area contributed by atoms with E-state index in [2.05, 4.69) is 18.2 Å². The molecule has 0 saturated carbocycles. The zero-order chi connectivity index (χ0) is 12.7. The van der Waals surface area contributed by atoms with Gasteiger partial charge in [-0.15, -0.1) is 12.3 Å². The Bertz CT molecular complexity index is 396. The third-order valence-corrected chi connectivity index (χ3v) is 2.70. The van der Waals surface area contributed by atoms with Crippen LogP contribution in [0.25, 0.3) is 0 Å². The average molecular weight is 233 g/mol. The van der Waals surface area contributed by atoms with Crippen molar-refractivity contribution in [3.8, 4) is 23.8 Å². The number of hydrogen-bond acceptors (Lipinski definition) is 3. The molecule has 1 unspecified atom stereocenters. The van der Waals surface area contributed by atoms with Gasteiger partial charge in [0.2, 0.25) is 0 Å². The minimum atomic E-state index is 0.164. The van der Waals surface area contributed by atoms with Crippen molar-refractivity contribution in [2.75, 3.05) is 7.11 Å². The zero-order valence-corrected chi connectivity index (χ0v) is 10.4. The van der Waals surface area contributed by atoms with Crippen LogP contribution in [0.3, 0.4) is 0 Å². The Balaban J connectivity index is 2.57. The van der Waals surface area contributed by atoms with Crippen LogP contribution < -0.4 is 10.1 Å². The van der Waals surface area contributed by atoms with Gasteiger partial charge in [-0.3, -0.25) is 0 Å². The van der Waals surface area contributed by atoms with Gasteiger partial charge in [0, 0.05) is 19.0 Å². The van der Waals surface area contributed by atoms with Gasteiger partial charge in [0.1, 0.15) is 0 Å². The molecule has 92 valence electrons. The standard InChI is InChI=1S/C14H19NO2/c1-4-6-12(5-2)15-10-11-7-8-14(17-3)13(16)9-11/h1,7-9,12,15-16H,5-6,10H2,2-3H3. The van der Waals surface area contributed by atoms with Gasteiger partial charge in [-0.05, 0) is 24.1 Å². The Morgan fingerprint density at radius 1 is 1.53 bits per heavy atom. The molecule has 0 saturated heterocycles. The second kappa shape index (κ2) is 6.82. The van der Waals surface area contributed by atoms with Crippen molar-refractivity contribution in [3.63, 3.8) is 0 Å². The van der Waals surface area contributed by atoms with E-state index < -0.39 is 0 Å². The van der Waals surface area contributed by atoms with Crippen LogP contribution in [0.4, 0.5) is 0 Å². The molecule has 0 radical (unpaired) electrons. The van der Waals surface area contributed by atoms with E-state index in [0.717, 1.165) is 18.4 Å². The summed E-state index contributed by atoms with van der Waals surface area (Å²) >= 11 is 0. The summed E-state index contributed by atoms with van der Waals surface area (Å²) in [5.74, 6) is 3.31. The number of rotatable bonds is 6. The molecule has 3 nitrogen and oxygen atoms in total. The number of aromatic hydroxyl groups is 1. The van der Waals surface area contributed by atoms with Gasteiger partial charge in [-0.25, -0.2) is 0 Å². The van der Waals surface area contributed by atoms with Crippen molar-refractivity contribution < 1.29 is 9.84 Å². The van der Waals surface area contributed by atoms with Gasteiger partial charge in [-0.1, -0.05) is 13.0 Å². The van der Waals surface area contributed by atoms with E-state index in [1.165, 1.54) is 7.11 Å². The molecule has 0 aliphatic rings. The Morgan fingerprint density at radius 2 is 2.29 bits per heavy atom. The van der Waals surface area contributed by atoms with Crippen molar-refractivity contribution in [1.29, 1.82) is 0 Å². The lowest BCUT2D eigenvalue weighted by Gasteiger charge is -2.14. The van der Waals surface area contributed by atoms with Crippen molar-refractivity contribution >= 4 is 0 Å². The first-order chi connectivity index (χ1) is 8.21. The third kappa shape index (κ3) is 4.01. The lowest BCUT2D eigenvalue weighted by atomic mass is 10.1. The summed E-state index contributed by atoms with van der Waals surface area (Å²) in [5.41, 5.74) is 1.01. The summed E-state index contributed by atoms with van der Waals surface area (Å²) in [6, 6.07) is 5.71. The SMILES string of the molecule is C#CCC(CC)NCc1ccc(OC)c(O)c1. The Morgan fingerprint density at radius 3 is 2.82 bits per heavy atom. The fourth-order valence-corrected chi connectivity index (χ4v) is 1.61. The highest BCUT2D eigenvalue weighted by molar-refractivity contribution is 5.41. The molecular formula is C14H19NO2. The van der Waals surface area contributed by atoms with E-state index >= 15 is 0 Å². The van der Waals surface area contributed by atoms with Gasteiger partial charge in [0.05, 0.1) is 7.11 Å². The van der Waals surface area contributed by atoms with E-state index in [9.17, 15) is 5.11 Å². The lowest BCUT2D eigenvalue weighted by Crippen LogP contribution is -2.27. The predicted octanol–water partition coefficient (Wildman–Crippen LogP) is 2.29. The maximum Gasteiger partial charge on any atom is 0.160 e. The molecular weight excluding hydrogens is 214 g/mol. The molecule has 1 atom stereocenters. The fraction of sp³-hybridized carbons (Fsp3) is 0.429. The normalized spacial score (nSPS) is 11.8. The molecule has 0 aromatic heterocycles. The topological polar surface area (TPSA) is 41.5 Å². The second-order valence-electron chi connectivity index (χ2n) is 3.90. The van der Waals surface area contributed by atoms with Gasteiger partial charge < -0.3 is 15.2 Å². The summed E-state index contributed by atoms with van der Waals surface area (Å²) in [5, 5.41) is 13.0. The molecule has 1 aromatic rings. The molecule has 0 aliphatic heterocycles. The van der Waals surface area contributed by atoms with Gasteiger partial charge in [-0.2, -0.15) is 0 Å². The molecule has 17 heavy (non-hydrogen) atoms. The number of hydrogen-bond donors (Lipinski definition) is 2. The summed E-state index contributed by atoms with van der Waals surface area (Å²) in [6.07, 6.45) is 7.00. The van der Waals surface area contributed by atoms with Crippen LogP contribution in [0.15, 0.2) is 18.2 Å². The number of phenols is 1. The number of ether oxygens (including phenoxy) is 1. The Labute approximate surface area is 103 Å². The first-order valence-corrected chi connectivity index (χ1v) is 5.74. The highest BCUT2D eigenvalue weighted by atomic mass is 16.5. The Hall–Kier alpha value is -1.66. The highest BCUT2D eigenvalue weighted by Gasteiger charge is 2.06. The van der Waals surface area contributed by atoms with Crippen molar-refractivity contribution in [1.82, 2.24) is 5.32 Å². The Kier molecular flexibility index (Phi) is 5.38. The molecule has 0 amide bonds. The van der Waals surface area contributed by atoms with Gasteiger partial charge in [0.25, 0.3) is 0 Å². The monoisotopic (exact) mass is 233 g/mol. The molecule has 0 spiro atoms. The lowest BCUT2D eigenvalue weighted by molar-refractivity contribution is 0.372. The fourth-order valence-electron chi connectivity index (χ4n) is 1.61. The van der Waals surface area contributed by atoms with E-state index in [-0.39, 0.29) is 5.75 Å². The first kappa shape index (κ1) is 13.4. The second-order valence-corrected chi connectivity index (χ2v) is 3.90. The van der Waals surface area contributed by atoms with Crippen LogP contribution >= 0.6 is 0 Å². The predicted molar refractivity (Wildman–Crippen MR) is 69.0 cm³/mol. The summed E-state index contributed by atoms with van der Waals surface area (Å²) < 4.78 is 4.99. The molecule has 2 N–H and O–H groups in total. The van der Waals surface area contributed by atoms with E-state index in [0.29, 0.717) is 18.3 Å². The smallest absolute Gasteiger partial charge is 0.160 e. The molecule has 0 bridgehead atoms. The number of terminal acetylenes is 1. The first-order valence-electron chi connectivity index (χ1n) is 5.74. The van der Waals surface area contributed by atoms with Crippen LogP contribution in [0.5, 0.6) is 11.5 Å². The average Bonchev–Trinajstić information content (AvgIpc) is 2.34. The minimum absolute atomic E-state index is 0.164. The summed E-state index contributed by atoms with van der Waals surface area (Å²) in [4.78, 5) is 0. The van der Waals surface area contributed by atoms with Crippen LogP contribution in [0, 0.1) is 12.3 Å². The number of benzene rings is 1. The zero-order valence-electron chi connectivity index (χ0n) is 10.4. The quantitative estimate of drug-likeness (QED) is 0.741. The van der Waals surface area contributed by atoms with Crippen molar-refractivity contribution in [3.05, 3.63) is 23.8 Å².